The Morgan fingerprint density at radius 1 is 1.36 bits per heavy atom. The van der Waals surface area contributed by atoms with Gasteiger partial charge in [0.15, 0.2) is 0 Å². The van der Waals surface area contributed by atoms with Gasteiger partial charge in [0.2, 0.25) is 5.91 Å². The smallest absolute Gasteiger partial charge is 0.224 e. The lowest BCUT2D eigenvalue weighted by Gasteiger charge is -2.18. The molecule has 25 heavy (non-hydrogen) atoms. The maximum atomic E-state index is 12.0. The zero-order chi connectivity index (χ0) is 19.0. The van der Waals surface area contributed by atoms with Crippen molar-refractivity contribution in [3.05, 3.63) is 23.8 Å². The molecule has 6 heteroatoms. The van der Waals surface area contributed by atoms with Crippen LogP contribution in [0.15, 0.2) is 18.2 Å². The Kier molecular flexibility index (Phi) is 7.88. The summed E-state index contributed by atoms with van der Waals surface area (Å²) in [5.41, 5.74) is 0.767. The van der Waals surface area contributed by atoms with E-state index in [4.69, 9.17) is 4.74 Å². The van der Waals surface area contributed by atoms with Gasteiger partial charge in [0, 0.05) is 24.7 Å². The predicted molar refractivity (Wildman–Crippen MR) is 98.5 cm³/mol. The first-order valence-corrected chi connectivity index (χ1v) is 8.49. The van der Waals surface area contributed by atoms with Gasteiger partial charge in [-0.15, -0.1) is 0 Å². The minimum absolute atomic E-state index is 0.0874. The number of carbonyl (C=O) groups is 1. The van der Waals surface area contributed by atoms with Gasteiger partial charge >= 0.3 is 0 Å². The molecule has 1 amide bonds. The van der Waals surface area contributed by atoms with Crippen molar-refractivity contribution in [2.75, 3.05) is 18.5 Å². The summed E-state index contributed by atoms with van der Waals surface area (Å²) < 4.78 is 5.54. The molecule has 1 aromatic carbocycles. The number of benzene rings is 1. The first-order valence-electron chi connectivity index (χ1n) is 8.49. The van der Waals surface area contributed by atoms with Gasteiger partial charge in [-0.05, 0) is 23.6 Å². The Balaban J connectivity index is 2.66. The summed E-state index contributed by atoms with van der Waals surface area (Å²) in [6.07, 6.45) is -0.276. The van der Waals surface area contributed by atoms with Crippen molar-refractivity contribution < 1.29 is 14.6 Å². The van der Waals surface area contributed by atoms with Gasteiger partial charge in [-0.3, -0.25) is 4.79 Å². The standard InChI is InChI=1S/C19H29N3O3/c1-13(2)21-11-16(23)12-25-17-7-6-15(8-14(17)10-20)22-18(24)9-19(3,4)5/h6-8,13,16,21,23H,9,11-12H2,1-5H3,(H,22,24). The van der Waals surface area contributed by atoms with Gasteiger partial charge in [-0.1, -0.05) is 34.6 Å². The van der Waals surface area contributed by atoms with E-state index in [0.29, 0.717) is 30.0 Å². The Bertz CT molecular complexity index is 615. The van der Waals surface area contributed by atoms with E-state index in [2.05, 4.69) is 16.7 Å². The molecule has 1 unspecified atom stereocenters. The number of ether oxygens (including phenoxy) is 1. The number of hydrogen-bond donors (Lipinski definition) is 3. The van der Waals surface area contributed by atoms with Crippen LogP contribution in [0, 0.1) is 16.7 Å². The number of aliphatic hydroxyl groups excluding tert-OH is 1. The van der Waals surface area contributed by atoms with Crippen LogP contribution in [0.4, 0.5) is 5.69 Å². The fourth-order valence-corrected chi connectivity index (χ4v) is 2.12. The summed E-state index contributed by atoms with van der Waals surface area (Å²) in [5.74, 6) is 0.292. The maximum absolute atomic E-state index is 12.0. The number of carbonyl (C=O) groups excluding carboxylic acids is 1. The average Bonchev–Trinajstić information content (AvgIpc) is 2.49. The molecule has 138 valence electrons. The van der Waals surface area contributed by atoms with E-state index in [1.807, 2.05) is 34.6 Å². The third kappa shape index (κ3) is 8.52. The summed E-state index contributed by atoms with van der Waals surface area (Å²) in [6.45, 7) is 10.5. The highest BCUT2D eigenvalue weighted by molar-refractivity contribution is 5.91. The minimum atomic E-state index is -0.667. The van der Waals surface area contributed by atoms with Crippen molar-refractivity contribution in [1.29, 1.82) is 5.26 Å². The summed E-state index contributed by atoms with van der Waals surface area (Å²) >= 11 is 0. The van der Waals surface area contributed by atoms with Crippen LogP contribution in [-0.2, 0) is 4.79 Å². The van der Waals surface area contributed by atoms with Crippen LogP contribution in [0.1, 0.15) is 46.6 Å². The van der Waals surface area contributed by atoms with E-state index in [1.165, 1.54) is 0 Å². The molecule has 0 heterocycles. The lowest BCUT2D eigenvalue weighted by atomic mass is 9.92. The Morgan fingerprint density at radius 3 is 2.60 bits per heavy atom. The molecule has 0 fully saturated rings. The van der Waals surface area contributed by atoms with Gasteiger partial charge in [0.1, 0.15) is 24.5 Å². The summed E-state index contributed by atoms with van der Waals surface area (Å²) in [6, 6.07) is 7.24. The van der Waals surface area contributed by atoms with E-state index >= 15 is 0 Å². The summed E-state index contributed by atoms with van der Waals surface area (Å²) in [5, 5.41) is 25.1. The van der Waals surface area contributed by atoms with E-state index in [9.17, 15) is 15.2 Å². The highest BCUT2D eigenvalue weighted by Crippen LogP contribution is 2.24. The largest absolute Gasteiger partial charge is 0.489 e. The Labute approximate surface area is 150 Å². The number of aliphatic hydroxyl groups is 1. The SMILES string of the molecule is CC(C)NCC(O)COc1ccc(NC(=O)CC(C)(C)C)cc1C#N. The molecule has 0 aliphatic rings. The van der Waals surface area contributed by atoms with E-state index in [0.717, 1.165) is 0 Å². The molecule has 0 saturated heterocycles. The van der Waals surface area contributed by atoms with E-state index < -0.39 is 6.10 Å². The van der Waals surface area contributed by atoms with E-state index in [1.54, 1.807) is 18.2 Å². The van der Waals surface area contributed by atoms with Crippen LogP contribution < -0.4 is 15.4 Å². The summed E-state index contributed by atoms with van der Waals surface area (Å²) in [7, 11) is 0. The number of nitriles is 1. The zero-order valence-electron chi connectivity index (χ0n) is 15.7. The number of amides is 1. The molecule has 1 aromatic rings. The van der Waals surface area contributed by atoms with Crippen LogP contribution in [-0.4, -0.2) is 36.3 Å². The fraction of sp³-hybridized carbons (Fsp3) is 0.579. The molecular weight excluding hydrogens is 318 g/mol. The second-order valence-corrected chi connectivity index (χ2v) is 7.64. The highest BCUT2D eigenvalue weighted by atomic mass is 16.5. The van der Waals surface area contributed by atoms with Crippen molar-refractivity contribution in [3.8, 4) is 11.8 Å². The average molecular weight is 347 g/mol. The molecule has 0 aliphatic carbocycles. The predicted octanol–water partition coefficient (Wildman–Crippen LogP) is 2.67. The minimum Gasteiger partial charge on any atom is -0.489 e. The van der Waals surface area contributed by atoms with Crippen LogP contribution in [0.5, 0.6) is 5.75 Å². The number of hydrogen-bond acceptors (Lipinski definition) is 5. The molecule has 6 nitrogen and oxygen atoms in total. The fourth-order valence-electron chi connectivity index (χ4n) is 2.12. The van der Waals surface area contributed by atoms with Crippen molar-refractivity contribution in [2.45, 2.75) is 53.2 Å². The molecule has 1 atom stereocenters. The quantitative estimate of drug-likeness (QED) is 0.672. The van der Waals surface area contributed by atoms with Crippen molar-refractivity contribution in [2.24, 2.45) is 5.41 Å². The molecule has 3 N–H and O–H groups in total. The molecule has 0 radical (unpaired) electrons. The number of nitrogens with zero attached hydrogens (tertiary/aromatic N) is 1. The number of rotatable bonds is 8. The van der Waals surface area contributed by atoms with Gasteiger partial charge in [-0.25, -0.2) is 0 Å². The molecule has 0 spiro atoms. The van der Waals surface area contributed by atoms with Crippen LogP contribution >= 0.6 is 0 Å². The first kappa shape index (κ1) is 20.9. The molecule has 0 bridgehead atoms. The topological polar surface area (TPSA) is 94.4 Å². The lowest BCUT2D eigenvalue weighted by Crippen LogP contribution is -2.35. The van der Waals surface area contributed by atoms with Gasteiger partial charge in [-0.2, -0.15) is 5.26 Å². The summed E-state index contributed by atoms with van der Waals surface area (Å²) in [4.78, 5) is 12.0. The van der Waals surface area contributed by atoms with Crippen molar-refractivity contribution >= 4 is 11.6 Å². The second-order valence-electron chi connectivity index (χ2n) is 7.64. The molecular formula is C19H29N3O3. The molecule has 0 aromatic heterocycles. The molecule has 0 aliphatic heterocycles. The normalized spacial score (nSPS) is 12.6. The Hall–Kier alpha value is -2.10. The second kappa shape index (κ2) is 9.40. The van der Waals surface area contributed by atoms with Crippen molar-refractivity contribution in [1.82, 2.24) is 5.32 Å². The third-order valence-electron chi connectivity index (χ3n) is 3.27. The van der Waals surface area contributed by atoms with Crippen LogP contribution in [0.3, 0.4) is 0 Å². The molecule has 1 rings (SSSR count). The molecule has 0 saturated carbocycles. The monoisotopic (exact) mass is 347 g/mol. The van der Waals surface area contributed by atoms with Crippen LogP contribution in [0.25, 0.3) is 0 Å². The lowest BCUT2D eigenvalue weighted by molar-refractivity contribution is -0.117. The number of anilines is 1. The van der Waals surface area contributed by atoms with Crippen LogP contribution in [0.2, 0.25) is 0 Å². The zero-order valence-corrected chi connectivity index (χ0v) is 15.7. The van der Waals surface area contributed by atoms with E-state index in [-0.39, 0.29) is 24.0 Å². The van der Waals surface area contributed by atoms with Gasteiger partial charge < -0.3 is 20.5 Å². The maximum Gasteiger partial charge on any atom is 0.224 e. The van der Waals surface area contributed by atoms with Gasteiger partial charge in [0.05, 0.1) is 5.56 Å². The van der Waals surface area contributed by atoms with Gasteiger partial charge in [0.25, 0.3) is 0 Å². The highest BCUT2D eigenvalue weighted by Gasteiger charge is 2.16. The first-order chi connectivity index (χ1) is 11.6. The third-order valence-corrected chi connectivity index (χ3v) is 3.27. The Morgan fingerprint density at radius 2 is 2.04 bits per heavy atom. The number of nitrogens with one attached hydrogen (secondary N) is 2. The van der Waals surface area contributed by atoms with Crippen molar-refractivity contribution in [3.63, 3.8) is 0 Å².